The maximum absolute atomic E-state index is 11.2. The van der Waals surface area contributed by atoms with Gasteiger partial charge in [-0.05, 0) is 0 Å². The van der Waals surface area contributed by atoms with Gasteiger partial charge in [-0.15, -0.1) is 0 Å². The van der Waals surface area contributed by atoms with Crippen molar-refractivity contribution in [3.63, 3.8) is 0 Å². The number of hydrogen-bond donors (Lipinski definition) is 3. The third kappa shape index (κ3) is 4.09. The summed E-state index contributed by atoms with van der Waals surface area (Å²) in [6.45, 7) is 1.56. The Bertz CT molecular complexity index is 310. The van der Waals surface area contributed by atoms with E-state index in [1.54, 1.807) is 4.90 Å². The van der Waals surface area contributed by atoms with Gasteiger partial charge in [0.25, 0.3) is 0 Å². The number of hydrogen-bond acceptors (Lipinski definition) is 5. The first-order valence-corrected chi connectivity index (χ1v) is 5.12. The Labute approximate surface area is 98.1 Å². The number of urea groups is 1. The highest BCUT2D eigenvalue weighted by atomic mass is 32.1. The molecule has 0 radical (unpaired) electrons. The molecule has 1 fully saturated rings. The summed E-state index contributed by atoms with van der Waals surface area (Å²) in [5.41, 5.74) is 10.3. The van der Waals surface area contributed by atoms with Gasteiger partial charge in [0.15, 0.2) is 0 Å². The van der Waals surface area contributed by atoms with Crippen molar-refractivity contribution in [3.05, 3.63) is 0 Å². The predicted molar refractivity (Wildman–Crippen MR) is 60.7 cm³/mol. The third-order valence-electron chi connectivity index (χ3n) is 2.10. The average Bonchev–Trinajstić information content (AvgIpc) is 2.16. The molecule has 0 aromatic carbocycles. The smallest absolute Gasteiger partial charge is 0.318 e. The monoisotopic (exact) mass is 246 g/mol. The molecule has 16 heavy (non-hydrogen) atoms. The first-order chi connectivity index (χ1) is 7.49. The van der Waals surface area contributed by atoms with Crippen LogP contribution in [0, 0.1) is 0 Å². The number of nitrogens with zero attached hydrogens (tertiary/aromatic N) is 1. The second-order valence-corrected chi connectivity index (χ2v) is 3.88. The molecule has 1 rings (SSSR count). The number of imide groups is 1. The fourth-order valence-electron chi connectivity index (χ4n) is 1.40. The van der Waals surface area contributed by atoms with Gasteiger partial charge in [-0.2, -0.15) is 0 Å². The van der Waals surface area contributed by atoms with Crippen molar-refractivity contribution in [2.45, 2.75) is 6.10 Å². The molecule has 7 nitrogen and oxygen atoms in total. The number of primary amides is 1. The number of morpholine rings is 1. The first kappa shape index (κ1) is 12.8. The Morgan fingerprint density at radius 3 is 2.75 bits per heavy atom. The molecule has 1 unspecified atom stereocenters. The molecule has 1 aliphatic rings. The Balaban J connectivity index is 2.39. The molecule has 1 atom stereocenters. The largest absolute Gasteiger partial charge is 0.391 e. The summed E-state index contributed by atoms with van der Waals surface area (Å²) in [7, 11) is 0. The van der Waals surface area contributed by atoms with E-state index in [-0.39, 0.29) is 17.6 Å². The zero-order valence-corrected chi connectivity index (χ0v) is 9.46. The lowest BCUT2D eigenvalue weighted by Gasteiger charge is -2.31. The van der Waals surface area contributed by atoms with Gasteiger partial charge in [0.05, 0.1) is 13.2 Å². The Kier molecular flexibility index (Phi) is 4.59. The molecule has 90 valence electrons. The van der Waals surface area contributed by atoms with E-state index in [4.69, 9.17) is 28.4 Å². The van der Waals surface area contributed by atoms with Crippen LogP contribution in [-0.4, -0.2) is 54.2 Å². The van der Waals surface area contributed by atoms with Crippen LogP contribution in [0.15, 0.2) is 0 Å². The van der Waals surface area contributed by atoms with E-state index in [0.717, 1.165) is 0 Å². The number of amides is 3. The van der Waals surface area contributed by atoms with E-state index in [0.29, 0.717) is 19.7 Å². The summed E-state index contributed by atoms with van der Waals surface area (Å²) < 4.78 is 5.30. The van der Waals surface area contributed by atoms with Gasteiger partial charge in [-0.25, -0.2) is 4.79 Å². The van der Waals surface area contributed by atoms with Crippen LogP contribution in [0.5, 0.6) is 0 Å². The van der Waals surface area contributed by atoms with Crippen molar-refractivity contribution in [1.29, 1.82) is 0 Å². The summed E-state index contributed by atoms with van der Waals surface area (Å²) in [5, 5.41) is 1.99. The first-order valence-electron chi connectivity index (χ1n) is 4.71. The molecule has 1 saturated heterocycles. The minimum absolute atomic E-state index is 0.0748. The molecular formula is C8H14N4O3S. The number of rotatable bonds is 3. The zero-order valence-electron chi connectivity index (χ0n) is 8.64. The third-order valence-corrected chi connectivity index (χ3v) is 2.36. The average molecular weight is 246 g/mol. The highest BCUT2D eigenvalue weighted by molar-refractivity contribution is 7.80. The van der Waals surface area contributed by atoms with Gasteiger partial charge in [-0.3, -0.25) is 15.0 Å². The van der Waals surface area contributed by atoms with Crippen LogP contribution < -0.4 is 16.8 Å². The Morgan fingerprint density at radius 1 is 1.50 bits per heavy atom. The number of carbonyl (C=O) groups excluding carboxylic acids is 2. The second-order valence-electron chi connectivity index (χ2n) is 3.41. The van der Waals surface area contributed by atoms with E-state index in [1.165, 1.54) is 0 Å². The molecule has 8 heteroatoms. The van der Waals surface area contributed by atoms with Gasteiger partial charge in [-0.1, -0.05) is 12.2 Å². The predicted octanol–water partition coefficient (Wildman–Crippen LogP) is -1.83. The van der Waals surface area contributed by atoms with E-state index < -0.39 is 11.9 Å². The van der Waals surface area contributed by atoms with Crippen molar-refractivity contribution >= 4 is 29.1 Å². The summed E-state index contributed by atoms with van der Waals surface area (Å²) in [6.07, 6.45) is -0.342. The highest BCUT2D eigenvalue weighted by Crippen LogP contribution is 2.04. The van der Waals surface area contributed by atoms with Crippen LogP contribution in [0.4, 0.5) is 4.79 Å². The van der Waals surface area contributed by atoms with Crippen molar-refractivity contribution in [2.75, 3.05) is 26.2 Å². The lowest BCUT2D eigenvalue weighted by molar-refractivity contribution is -0.122. The summed E-state index contributed by atoms with van der Waals surface area (Å²) in [6, 6.07) is -0.857. The summed E-state index contributed by atoms with van der Waals surface area (Å²) in [4.78, 5) is 23.7. The van der Waals surface area contributed by atoms with E-state index >= 15 is 0 Å². The quantitative estimate of drug-likeness (QED) is 0.505. The van der Waals surface area contributed by atoms with Crippen molar-refractivity contribution < 1.29 is 14.3 Å². The van der Waals surface area contributed by atoms with Crippen LogP contribution in [0.1, 0.15) is 0 Å². The van der Waals surface area contributed by atoms with Crippen LogP contribution in [-0.2, 0) is 9.53 Å². The fourth-order valence-corrected chi connectivity index (χ4v) is 1.54. The van der Waals surface area contributed by atoms with E-state index in [9.17, 15) is 9.59 Å². The molecule has 0 spiro atoms. The molecule has 0 aromatic heterocycles. The molecular weight excluding hydrogens is 232 g/mol. The number of nitrogens with two attached hydrogens (primary N) is 2. The zero-order chi connectivity index (χ0) is 12.1. The van der Waals surface area contributed by atoms with Crippen molar-refractivity contribution in [1.82, 2.24) is 10.2 Å². The Morgan fingerprint density at radius 2 is 2.19 bits per heavy atom. The molecule has 3 amide bonds. The van der Waals surface area contributed by atoms with Gasteiger partial charge in [0.1, 0.15) is 11.1 Å². The summed E-state index contributed by atoms with van der Waals surface area (Å²) in [5.74, 6) is -0.448. The van der Waals surface area contributed by atoms with Gasteiger partial charge >= 0.3 is 6.03 Å². The molecule has 0 aliphatic carbocycles. The van der Waals surface area contributed by atoms with Crippen molar-refractivity contribution in [3.8, 4) is 0 Å². The number of nitrogens with one attached hydrogen (secondary N) is 1. The van der Waals surface area contributed by atoms with Gasteiger partial charge in [0, 0.05) is 13.1 Å². The molecule has 1 aliphatic heterocycles. The van der Waals surface area contributed by atoms with Gasteiger partial charge in [0.2, 0.25) is 5.91 Å². The second kappa shape index (κ2) is 5.73. The van der Waals surface area contributed by atoms with Crippen molar-refractivity contribution in [2.24, 2.45) is 11.5 Å². The fraction of sp³-hybridized carbons (Fsp3) is 0.625. The van der Waals surface area contributed by atoms with E-state index in [2.05, 4.69) is 0 Å². The van der Waals surface area contributed by atoms with Crippen LogP contribution in [0.3, 0.4) is 0 Å². The van der Waals surface area contributed by atoms with Crippen LogP contribution >= 0.6 is 12.2 Å². The number of carbonyl (C=O) groups is 2. The SMILES string of the molecule is NC(=O)NC(=O)CN1CCOC(C(N)=S)C1. The van der Waals surface area contributed by atoms with Crippen LogP contribution in [0.2, 0.25) is 0 Å². The minimum atomic E-state index is -0.857. The maximum Gasteiger partial charge on any atom is 0.318 e. The lowest BCUT2D eigenvalue weighted by Crippen LogP contribution is -2.51. The van der Waals surface area contributed by atoms with Gasteiger partial charge < -0.3 is 16.2 Å². The summed E-state index contributed by atoms with van der Waals surface area (Å²) >= 11 is 4.80. The normalized spacial score (nSPS) is 21.4. The molecule has 5 N–H and O–H groups in total. The van der Waals surface area contributed by atoms with E-state index in [1.807, 2.05) is 5.32 Å². The Hall–Kier alpha value is -1.25. The minimum Gasteiger partial charge on any atom is -0.391 e. The topological polar surface area (TPSA) is 111 Å². The maximum atomic E-state index is 11.2. The standard InChI is InChI=1S/C8H14N4O3S/c9-7(16)5-3-12(1-2-15-5)4-6(13)11-8(10)14/h5H,1-4H2,(H2,9,16)(H3,10,11,13,14). The number of ether oxygens (including phenoxy) is 1. The molecule has 0 saturated carbocycles. The lowest BCUT2D eigenvalue weighted by atomic mass is 10.2. The number of thiocarbonyl (C=S) groups is 1. The highest BCUT2D eigenvalue weighted by Gasteiger charge is 2.23. The van der Waals surface area contributed by atoms with Crippen LogP contribution in [0.25, 0.3) is 0 Å². The molecule has 1 heterocycles. The molecule has 0 bridgehead atoms. The molecule has 0 aromatic rings.